The number of ether oxygens (including phenoxy) is 1. The lowest BCUT2D eigenvalue weighted by atomic mass is 9.97. The molecule has 1 aromatic carbocycles. The van der Waals surface area contributed by atoms with E-state index in [1.807, 2.05) is 12.1 Å². The molecule has 0 bridgehead atoms. The van der Waals surface area contributed by atoms with Crippen LogP contribution in [0.5, 0.6) is 5.75 Å². The van der Waals surface area contributed by atoms with Crippen LogP contribution in [0, 0.1) is 0 Å². The summed E-state index contributed by atoms with van der Waals surface area (Å²) in [5.74, 6) is 1.66. The standard InChI is InChI=1S/C11H15NO/c1-13-11-5-3-2-4-10(11)9-6-7-12-8-9/h2-5,9,12H,6-8H2,1H3/t9-/m0/s1. The maximum Gasteiger partial charge on any atom is 0.122 e. The maximum atomic E-state index is 5.33. The summed E-state index contributed by atoms with van der Waals surface area (Å²) in [6, 6.07) is 8.30. The normalized spacial score (nSPS) is 21.8. The first kappa shape index (κ1) is 8.57. The Labute approximate surface area is 78.9 Å². The Balaban J connectivity index is 2.26. The van der Waals surface area contributed by atoms with Crippen LogP contribution in [0.25, 0.3) is 0 Å². The lowest BCUT2D eigenvalue weighted by Crippen LogP contribution is -2.08. The van der Waals surface area contributed by atoms with Crippen molar-refractivity contribution in [1.82, 2.24) is 5.32 Å². The van der Waals surface area contributed by atoms with Gasteiger partial charge in [-0.25, -0.2) is 0 Å². The van der Waals surface area contributed by atoms with Crippen molar-refractivity contribution in [2.45, 2.75) is 12.3 Å². The van der Waals surface area contributed by atoms with Crippen LogP contribution in [-0.4, -0.2) is 20.2 Å². The van der Waals surface area contributed by atoms with E-state index in [9.17, 15) is 0 Å². The summed E-state index contributed by atoms with van der Waals surface area (Å²) in [4.78, 5) is 0. The molecule has 1 aliphatic rings. The molecule has 1 heterocycles. The molecule has 1 atom stereocenters. The molecule has 0 radical (unpaired) electrons. The Morgan fingerprint density at radius 3 is 2.92 bits per heavy atom. The van der Waals surface area contributed by atoms with Gasteiger partial charge in [0.05, 0.1) is 7.11 Å². The fraction of sp³-hybridized carbons (Fsp3) is 0.455. The van der Waals surface area contributed by atoms with Crippen LogP contribution < -0.4 is 10.1 Å². The first-order chi connectivity index (χ1) is 6.42. The van der Waals surface area contributed by atoms with Gasteiger partial charge >= 0.3 is 0 Å². The summed E-state index contributed by atoms with van der Waals surface area (Å²) in [6.07, 6.45) is 1.22. The Bertz CT molecular complexity index is 279. The van der Waals surface area contributed by atoms with Crippen molar-refractivity contribution in [2.75, 3.05) is 20.2 Å². The smallest absolute Gasteiger partial charge is 0.122 e. The number of rotatable bonds is 2. The minimum Gasteiger partial charge on any atom is -0.496 e. The van der Waals surface area contributed by atoms with Crippen LogP contribution >= 0.6 is 0 Å². The van der Waals surface area contributed by atoms with Crippen molar-refractivity contribution in [3.05, 3.63) is 29.8 Å². The number of hydrogen-bond donors (Lipinski definition) is 1. The highest BCUT2D eigenvalue weighted by molar-refractivity contribution is 5.36. The molecular weight excluding hydrogens is 162 g/mol. The summed E-state index contributed by atoms with van der Waals surface area (Å²) in [5.41, 5.74) is 1.34. The zero-order valence-electron chi connectivity index (χ0n) is 7.92. The van der Waals surface area contributed by atoms with Crippen LogP contribution in [0.4, 0.5) is 0 Å². The van der Waals surface area contributed by atoms with Crippen molar-refractivity contribution in [1.29, 1.82) is 0 Å². The van der Waals surface area contributed by atoms with Crippen LogP contribution in [0.2, 0.25) is 0 Å². The molecule has 70 valence electrons. The molecule has 0 spiro atoms. The summed E-state index contributed by atoms with van der Waals surface area (Å²) in [5, 5.41) is 3.37. The second-order valence-electron chi connectivity index (χ2n) is 3.43. The van der Waals surface area contributed by atoms with Gasteiger partial charge < -0.3 is 10.1 Å². The Morgan fingerprint density at radius 2 is 2.23 bits per heavy atom. The molecule has 1 saturated heterocycles. The van der Waals surface area contributed by atoms with Crippen LogP contribution in [-0.2, 0) is 0 Å². The highest BCUT2D eigenvalue weighted by atomic mass is 16.5. The molecule has 1 N–H and O–H groups in total. The van der Waals surface area contributed by atoms with Crippen LogP contribution in [0.3, 0.4) is 0 Å². The van der Waals surface area contributed by atoms with Gasteiger partial charge in [-0.15, -0.1) is 0 Å². The number of methoxy groups -OCH3 is 1. The molecule has 0 aromatic heterocycles. The van der Waals surface area contributed by atoms with Crippen LogP contribution in [0.1, 0.15) is 17.9 Å². The Morgan fingerprint density at radius 1 is 1.38 bits per heavy atom. The topological polar surface area (TPSA) is 21.3 Å². The second-order valence-corrected chi connectivity index (χ2v) is 3.43. The number of para-hydroxylation sites is 1. The van der Waals surface area contributed by atoms with Gasteiger partial charge in [0, 0.05) is 12.5 Å². The monoisotopic (exact) mass is 177 g/mol. The van der Waals surface area contributed by atoms with Gasteiger partial charge in [-0.1, -0.05) is 18.2 Å². The van der Waals surface area contributed by atoms with E-state index in [0.717, 1.165) is 18.8 Å². The highest BCUT2D eigenvalue weighted by Crippen LogP contribution is 2.29. The van der Waals surface area contributed by atoms with Gasteiger partial charge in [0.2, 0.25) is 0 Å². The van der Waals surface area contributed by atoms with E-state index in [2.05, 4.69) is 17.4 Å². The predicted molar refractivity (Wildman–Crippen MR) is 53.2 cm³/mol. The number of benzene rings is 1. The first-order valence-electron chi connectivity index (χ1n) is 4.75. The third-order valence-corrected chi connectivity index (χ3v) is 2.64. The van der Waals surface area contributed by atoms with Gasteiger partial charge in [-0.05, 0) is 24.6 Å². The average Bonchev–Trinajstić information content (AvgIpc) is 2.70. The third-order valence-electron chi connectivity index (χ3n) is 2.64. The fourth-order valence-corrected chi connectivity index (χ4v) is 1.92. The molecule has 13 heavy (non-hydrogen) atoms. The van der Waals surface area contributed by atoms with E-state index < -0.39 is 0 Å². The zero-order chi connectivity index (χ0) is 9.10. The highest BCUT2D eigenvalue weighted by Gasteiger charge is 2.19. The van der Waals surface area contributed by atoms with E-state index in [-0.39, 0.29) is 0 Å². The van der Waals surface area contributed by atoms with E-state index in [1.54, 1.807) is 7.11 Å². The number of nitrogens with one attached hydrogen (secondary N) is 1. The van der Waals surface area contributed by atoms with Crippen molar-refractivity contribution >= 4 is 0 Å². The quantitative estimate of drug-likeness (QED) is 0.743. The molecule has 1 aliphatic heterocycles. The number of hydrogen-bond acceptors (Lipinski definition) is 2. The minimum atomic E-state index is 0.635. The first-order valence-corrected chi connectivity index (χ1v) is 4.75. The molecule has 2 heteroatoms. The predicted octanol–water partition coefficient (Wildman–Crippen LogP) is 1.77. The van der Waals surface area contributed by atoms with Gasteiger partial charge in [0.25, 0.3) is 0 Å². The maximum absolute atomic E-state index is 5.33. The van der Waals surface area contributed by atoms with Gasteiger partial charge in [-0.3, -0.25) is 0 Å². The van der Waals surface area contributed by atoms with E-state index in [1.165, 1.54) is 12.0 Å². The SMILES string of the molecule is COc1ccccc1[C@H]1CCNC1. The lowest BCUT2D eigenvalue weighted by molar-refractivity contribution is 0.406. The molecule has 0 saturated carbocycles. The molecule has 0 unspecified atom stereocenters. The molecule has 0 amide bonds. The molecule has 1 aromatic rings. The summed E-state index contributed by atoms with van der Waals surface area (Å²) in [7, 11) is 1.74. The summed E-state index contributed by atoms with van der Waals surface area (Å²) >= 11 is 0. The van der Waals surface area contributed by atoms with Gasteiger partial charge in [0.15, 0.2) is 0 Å². The average molecular weight is 177 g/mol. The van der Waals surface area contributed by atoms with E-state index in [0.29, 0.717) is 5.92 Å². The van der Waals surface area contributed by atoms with Crippen molar-refractivity contribution in [3.63, 3.8) is 0 Å². The minimum absolute atomic E-state index is 0.635. The third kappa shape index (κ3) is 1.68. The molecule has 0 aliphatic carbocycles. The Kier molecular flexibility index (Phi) is 2.50. The van der Waals surface area contributed by atoms with E-state index in [4.69, 9.17) is 4.74 Å². The van der Waals surface area contributed by atoms with Gasteiger partial charge in [0.1, 0.15) is 5.75 Å². The fourth-order valence-electron chi connectivity index (χ4n) is 1.92. The Hall–Kier alpha value is -1.02. The van der Waals surface area contributed by atoms with Crippen molar-refractivity contribution in [2.24, 2.45) is 0 Å². The molecule has 1 fully saturated rings. The largest absolute Gasteiger partial charge is 0.496 e. The van der Waals surface area contributed by atoms with Gasteiger partial charge in [-0.2, -0.15) is 0 Å². The molecule has 2 rings (SSSR count). The lowest BCUT2D eigenvalue weighted by Gasteiger charge is -2.12. The van der Waals surface area contributed by atoms with Crippen molar-refractivity contribution in [3.8, 4) is 5.75 Å². The zero-order valence-corrected chi connectivity index (χ0v) is 7.92. The summed E-state index contributed by atoms with van der Waals surface area (Å²) in [6.45, 7) is 2.21. The van der Waals surface area contributed by atoms with E-state index >= 15 is 0 Å². The van der Waals surface area contributed by atoms with Crippen LogP contribution in [0.15, 0.2) is 24.3 Å². The molecular formula is C11H15NO. The van der Waals surface area contributed by atoms with Crippen molar-refractivity contribution < 1.29 is 4.74 Å². The molecule has 2 nitrogen and oxygen atoms in total. The summed E-state index contributed by atoms with van der Waals surface area (Å²) < 4.78 is 5.33. The second kappa shape index (κ2) is 3.79.